The van der Waals surface area contributed by atoms with Crippen molar-refractivity contribution in [3.63, 3.8) is 0 Å². The summed E-state index contributed by atoms with van der Waals surface area (Å²) in [5, 5.41) is 4.23. The van der Waals surface area contributed by atoms with Gasteiger partial charge in [-0.05, 0) is 48.7 Å². The molecule has 7 heteroatoms. The highest BCUT2D eigenvalue weighted by molar-refractivity contribution is 7.99. The van der Waals surface area contributed by atoms with Crippen molar-refractivity contribution in [2.45, 2.75) is 25.5 Å². The Labute approximate surface area is 200 Å². The van der Waals surface area contributed by atoms with Crippen molar-refractivity contribution in [3.05, 3.63) is 99.8 Å². The Hall–Kier alpha value is -3.84. The fourth-order valence-corrected chi connectivity index (χ4v) is 4.65. The van der Waals surface area contributed by atoms with Gasteiger partial charge in [0.05, 0.1) is 12.3 Å². The summed E-state index contributed by atoms with van der Waals surface area (Å²) in [6.07, 6.45) is 0. The smallest absolute Gasteiger partial charge is 0.298 e. The number of aryl methyl sites for hydroxylation is 2. The van der Waals surface area contributed by atoms with Crippen molar-refractivity contribution >= 4 is 45.4 Å². The van der Waals surface area contributed by atoms with Gasteiger partial charge in [0, 0.05) is 11.1 Å². The second kappa shape index (κ2) is 9.19. The number of furan rings is 1. The molecule has 0 saturated heterocycles. The number of aromatic nitrogens is 2. The summed E-state index contributed by atoms with van der Waals surface area (Å²) in [6.45, 7) is 4.28. The molecule has 0 radical (unpaired) electrons. The first-order valence-electron chi connectivity index (χ1n) is 11.0. The molecule has 34 heavy (non-hydrogen) atoms. The summed E-state index contributed by atoms with van der Waals surface area (Å²) in [4.78, 5) is 31.0. The van der Waals surface area contributed by atoms with E-state index in [-0.39, 0.29) is 22.8 Å². The molecule has 0 aliphatic rings. The van der Waals surface area contributed by atoms with Gasteiger partial charge in [-0.3, -0.25) is 14.2 Å². The topological polar surface area (TPSA) is 77.1 Å². The Morgan fingerprint density at radius 1 is 1.03 bits per heavy atom. The molecule has 1 amide bonds. The van der Waals surface area contributed by atoms with Crippen molar-refractivity contribution in [1.29, 1.82) is 0 Å². The Morgan fingerprint density at radius 2 is 1.79 bits per heavy atom. The van der Waals surface area contributed by atoms with E-state index in [9.17, 15) is 9.59 Å². The van der Waals surface area contributed by atoms with E-state index in [1.807, 2.05) is 86.6 Å². The zero-order chi connectivity index (χ0) is 23.7. The fourth-order valence-electron chi connectivity index (χ4n) is 3.86. The molecule has 5 rings (SSSR count). The molecule has 0 atom stereocenters. The standard InChI is InChI=1S/C27H23N3O3S/c1-17-12-13-18(2)21(14-17)28-23(31)16-34-27-29-24-20-10-6-7-11-22(20)33-25(24)26(32)30(27)15-19-8-4-3-5-9-19/h3-14H,15-16H2,1-2H3,(H,28,31). The van der Waals surface area contributed by atoms with Crippen LogP contribution in [0.15, 0.2) is 87.2 Å². The summed E-state index contributed by atoms with van der Waals surface area (Å²) in [5.74, 6) is -0.0352. The second-order valence-electron chi connectivity index (χ2n) is 8.20. The molecule has 5 aromatic rings. The van der Waals surface area contributed by atoms with E-state index in [0.29, 0.717) is 22.8 Å². The van der Waals surface area contributed by atoms with Crippen molar-refractivity contribution in [3.8, 4) is 0 Å². The quantitative estimate of drug-likeness (QED) is 0.261. The summed E-state index contributed by atoms with van der Waals surface area (Å²) in [5.41, 5.74) is 4.91. The van der Waals surface area contributed by atoms with E-state index in [2.05, 4.69) is 5.32 Å². The molecule has 0 aliphatic heterocycles. The number of fused-ring (bicyclic) bond motifs is 3. The number of anilines is 1. The number of nitrogens with zero attached hydrogens (tertiary/aromatic N) is 2. The fraction of sp³-hybridized carbons (Fsp3) is 0.148. The maximum atomic E-state index is 13.5. The number of carbonyl (C=O) groups is 1. The van der Waals surface area contributed by atoms with Crippen molar-refractivity contribution < 1.29 is 9.21 Å². The van der Waals surface area contributed by atoms with Crippen LogP contribution in [0.4, 0.5) is 5.69 Å². The first kappa shape index (κ1) is 22.0. The van der Waals surface area contributed by atoms with Crippen LogP contribution in [-0.4, -0.2) is 21.2 Å². The average Bonchev–Trinajstić information content (AvgIpc) is 3.22. The molecule has 6 nitrogen and oxygen atoms in total. The lowest BCUT2D eigenvalue weighted by molar-refractivity contribution is -0.113. The van der Waals surface area contributed by atoms with E-state index < -0.39 is 0 Å². The number of benzene rings is 3. The van der Waals surface area contributed by atoms with Crippen LogP contribution in [-0.2, 0) is 11.3 Å². The molecule has 0 spiro atoms. The third-order valence-electron chi connectivity index (χ3n) is 5.63. The summed E-state index contributed by atoms with van der Waals surface area (Å²) >= 11 is 1.24. The number of hydrogen-bond donors (Lipinski definition) is 1. The molecule has 170 valence electrons. The van der Waals surface area contributed by atoms with Crippen LogP contribution in [0.25, 0.3) is 22.1 Å². The molecule has 0 unspecified atom stereocenters. The van der Waals surface area contributed by atoms with E-state index in [1.54, 1.807) is 4.57 Å². The zero-order valence-corrected chi connectivity index (χ0v) is 19.7. The van der Waals surface area contributed by atoms with Gasteiger partial charge in [0.2, 0.25) is 11.5 Å². The maximum Gasteiger partial charge on any atom is 0.298 e. The highest BCUT2D eigenvalue weighted by Crippen LogP contribution is 2.28. The van der Waals surface area contributed by atoms with Gasteiger partial charge in [0.15, 0.2) is 5.16 Å². The first-order chi connectivity index (χ1) is 16.5. The average molecular weight is 470 g/mol. The number of hydrogen-bond acceptors (Lipinski definition) is 5. The van der Waals surface area contributed by atoms with Gasteiger partial charge in [-0.15, -0.1) is 0 Å². The highest BCUT2D eigenvalue weighted by atomic mass is 32.2. The minimum atomic E-state index is -0.262. The zero-order valence-electron chi connectivity index (χ0n) is 18.9. The van der Waals surface area contributed by atoms with E-state index in [4.69, 9.17) is 9.40 Å². The van der Waals surface area contributed by atoms with Gasteiger partial charge >= 0.3 is 0 Å². The number of carbonyl (C=O) groups excluding carboxylic acids is 1. The van der Waals surface area contributed by atoms with Crippen molar-refractivity contribution in [2.75, 3.05) is 11.1 Å². The highest BCUT2D eigenvalue weighted by Gasteiger charge is 2.19. The van der Waals surface area contributed by atoms with Gasteiger partial charge in [-0.1, -0.05) is 66.4 Å². The number of para-hydroxylation sites is 1. The molecule has 0 saturated carbocycles. The van der Waals surface area contributed by atoms with Crippen molar-refractivity contribution in [2.24, 2.45) is 0 Å². The van der Waals surface area contributed by atoms with E-state index >= 15 is 0 Å². The predicted octanol–water partition coefficient (Wildman–Crippen LogP) is 5.54. The molecular formula is C27H23N3O3S. The minimum Gasteiger partial charge on any atom is -0.448 e. The Bertz CT molecular complexity index is 1570. The second-order valence-corrected chi connectivity index (χ2v) is 9.14. The van der Waals surface area contributed by atoms with E-state index in [1.165, 1.54) is 11.8 Å². The van der Waals surface area contributed by atoms with Crippen LogP contribution in [0, 0.1) is 13.8 Å². The van der Waals surface area contributed by atoms with Crippen LogP contribution in [0.3, 0.4) is 0 Å². The van der Waals surface area contributed by atoms with Gasteiger partial charge < -0.3 is 9.73 Å². The molecule has 0 fully saturated rings. The van der Waals surface area contributed by atoms with Crippen molar-refractivity contribution in [1.82, 2.24) is 9.55 Å². The maximum absolute atomic E-state index is 13.5. The summed E-state index contributed by atoms with van der Waals surface area (Å²) < 4.78 is 7.44. The van der Waals surface area contributed by atoms with Crippen LogP contribution < -0.4 is 10.9 Å². The number of rotatable bonds is 6. The number of nitrogens with one attached hydrogen (secondary N) is 1. The lowest BCUT2D eigenvalue weighted by Crippen LogP contribution is -2.24. The summed E-state index contributed by atoms with van der Waals surface area (Å²) in [6, 6.07) is 23.1. The Balaban J connectivity index is 1.50. The van der Waals surface area contributed by atoms with Crippen LogP contribution in [0.2, 0.25) is 0 Å². The lowest BCUT2D eigenvalue weighted by atomic mass is 10.1. The van der Waals surface area contributed by atoms with Crippen LogP contribution in [0.1, 0.15) is 16.7 Å². The molecular weight excluding hydrogens is 446 g/mol. The normalized spacial score (nSPS) is 11.2. The largest absolute Gasteiger partial charge is 0.448 e. The predicted molar refractivity (Wildman–Crippen MR) is 137 cm³/mol. The monoisotopic (exact) mass is 469 g/mol. The molecule has 2 aromatic heterocycles. The summed E-state index contributed by atoms with van der Waals surface area (Å²) in [7, 11) is 0. The minimum absolute atomic E-state index is 0.121. The SMILES string of the molecule is Cc1ccc(C)c(NC(=O)CSc2nc3c(oc4ccccc43)c(=O)n2Cc2ccccc2)c1. The van der Waals surface area contributed by atoms with Gasteiger partial charge in [0.1, 0.15) is 11.1 Å². The molecule has 1 N–H and O–H groups in total. The third-order valence-corrected chi connectivity index (χ3v) is 6.61. The van der Waals surface area contributed by atoms with Gasteiger partial charge in [-0.2, -0.15) is 0 Å². The van der Waals surface area contributed by atoms with Gasteiger partial charge in [-0.25, -0.2) is 4.98 Å². The molecule has 2 heterocycles. The lowest BCUT2D eigenvalue weighted by Gasteiger charge is -2.13. The number of amides is 1. The van der Waals surface area contributed by atoms with E-state index in [0.717, 1.165) is 27.8 Å². The van der Waals surface area contributed by atoms with Gasteiger partial charge in [0.25, 0.3) is 5.56 Å². The van der Waals surface area contributed by atoms with Crippen LogP contribution >= 0.6 is 11.8 Å². The molecule has 0 aliphatic carbocycles. The Morgan fingerprint density at radius 3 is 2.62 bits per heavy atom. The number of thioether (sulfide) groups is 1. The first-order valence-corrected chi connectivity index (χ1v) is 11.9. The molecule has 3 aromatic carbocycles. The molecule has 0 bridgehead atoms. The van der Waals surface area contributed by atoms with Crippen LogP contribution in [0.5, 0.6) is 0 Å². The third kappa shape index (κ3) is 4.34. The Kier molecular flexibility index (Phi) is 5.94.